The average molecular weight is 281 g/mol. The van der Waals surface area contributed by atoms with Crippen molar-refractivity contribution in [2.24, 2.45) is 5.92 Å². The lowest BCUT2D eigenvalue weighted by atomic mass is 9.96. The van der Waals surface area contributed by atoms with Crippen LogP contribution in [0.15, 0.2) is 18.2 Å². The first kappa shape index (κ1) is 14.4. The number of nitro groups is 1. The maximum absolute atomic E-state index is 13.4. The molecular weight excluding hydrogens is 265 g/mol. The molecule has 1 amide bonds. The van der Waals surface area contributed by atoms with Gasteiger partial charge in [-0.05, 0) is 37.9 Å². The Hall–Kier alpha value is -2.02. The zero-order chi connectivity index (χ0) is 14.5. The van der Waals surface area contributed by atoms with Crippen LogP contribution >= 0.6 is 0 Å². The van der Waals surface area contributed by atoms with Gasteiger partial charge < -0.3 is 10.6 Å². The van der Waals surface area contributed by atoms with Crippen LogP contribution in [0.25, 0.3) is 0 Å². The molecule has 0 bridgehead atoms. The standard InChI is InChI=1S/C13H16FN3O3/c14-11-7-10(3-4-12(11)17(19)20)16-13(18)6-9-2-1-5-15-8-9/h3-4,7,9,15H,1-2,5-6,8H2,(H,16,18). The highest BCUT2D eigenvalue weighted by Crippen LogP contribution is 2.21. The summed E-state index contributed by atoms with van der Waals surface area (Å²) in [5.74, 6) is -0.870. The van der Waals surface area contributed by atoms with E-state index in [-0.39, 0.29) is 17.5 Å². The molecule has 0 aromatic heterocycles. The van der Waals surface area contributed by atoms with Gasteiger partial charge in [-0.3, -0.25) is 14.9 Å². The molecule has 1 heterocycles. The van der Waals surface area contributed by atoms with E-state index in [1.807, 2.05) is 0 Å². The second-order valence-electron chi connectivity index (χ2n) is 4.89. The highest BCUT2D eigenvalue weighted by molar-refractivity contribution is 5.91. The number of carbonyl (C=O) groups is 1. The molecule has 6 nitrogen and oxygen atoms in total. The van der Waals surface area contributed by atoms with Crippen molar-refractivity contribution in [3.05, 3.63) is 34.1 Å². The SMILES string of the molecule is O=C(CC1CCCNC1)Nc1ccc([N+](=O)[O-])c(F)c1. The molecule has 2 rings (SSSR count). The van der Waals surface area contributed by atoms with E-state index in [0.29, 0.717) is 6.42 Å². The molecular formula is C13H16FN3O3. The third kappa shape index (κ3) is 3.74. The van der Waals surface area contributed by atoms with E-state index < -0.39 is 16.4 Å². The molecule has 1 saturated heterocycles. The number of nitro benzene ring substituents is 1. The van der Waals surface area contributed by atoms with Crippen LogP contribution in [0.5, 0.6) is 0 Å². The van der Waals surface area contributed by atoms with Gasteiger partial charge in [0.05, 0.1) is 4.92 Å². The van der Waals surface area contributed by atoms with Crippen LogP contribution in [0.1, 0.15) is 19.3 Å². The van der Waals surface area contributed by atoms with Crippen molar-refractivity contribution in [1.82, 2.24) is 5.32 Å². The Kier molecular flexibility index (Phi) is 4.62. The summed E-state index contributed by atoms with van der Waals surface area (Å²) in [6.45, 7) is 1.79. The molecule has 2 N–H and O–H groups in total. The molecule has 20 heavy (non-hydrogen) atoms. The van der Waals surface area contributed by atoms with E-state index in [1.54, 1.807) is 0 Å². The monoisotopic (exact) mass is 281 g/mol. The minimum atomic E-state index is -0.952. The second-order valence-corrected chi connectivity index (χ2v) is 4.89. The maximum atomic E-state index is 13.4. The minimum Gasteiger partial charge on any atom is -0.326 e. The molecule has 1 aliphatic rings. The van der Waals surface area contributed by atoms with Crippen molar-refractivity contribution in [2.45, 2.75) is 19.3 Å². The lowest BCUT2D eigenvalue weighted by molar-refractivity contribution is -0.387. The van der Waals surface area contributed by atoms with Crippen LogP contribution in [0.4, 0.5) is 15.8 Å². The fraction of sp³-hybridized carbons (Fsp3) is 0.462. The Morgan fingerprint density at radius 2 is 2.35 bits per heavy atom. The van der Waals surface area contributed by atoms with Crippen LogP contribution in [-0.4, -0.2) is 23.9 Å². The topological polar surface area (TPSA) is 84.3 Å². The molecule has 0 radical (unpaired) electrons. The summed E-state index contributed by atoms with van der Waals surface area (Å²) in [5.41, 5.74) is -0.360. The fourth-order valence-electron chi connectivity index (χ4n) is 2.31. The summed E-state index contributed by atoms with van der Waals surface area (Å²) in [6, 6.07) is 3.35. The molecule has 1 atom stereocenters. The van der Waals surface area contributed by atoms with Gasteiger partial charge in [0.2, 0.25) is 11.7 Å². The Morgan fingerprint density at radius 1 is 1.55 bits per heavy atom. The van der Waals surface area contributed by atoms with Crippen LogP contribution in [0, 0.1) is 21.8 Å². The van der Waals surface area contributed by atoms with Crippen molar-refractivity contribution in [2.75, 3.05) is 18.4 Å². The molecule has 1 fully saturated rings. The van der Waals surface area contributed by atoms with Gasteiger partial charge in [-0.25, -0.2) is 0 Å². The first-order valence-electron chi connectivity index (χ1n) is 6.51. The third-order valence-electron chi connectivity index (χ3n) is 3.30. The van der Waals surface area contributed by atoms with Gasteiger partial charge in [0.25, 0.3) is 0 Å². The van der Waals surface area contributed by atoms with Crippen molar-refractivity contribution in [3.63, 3.8) is 0 Å². The Bertz CT molecular complexity index is 516. The zero-order valence-electron chi connectivity index (χ0n) is 10.9. The molecule has 0 spiro atoms. The van der Waals surface area contributed by atoms with E-state index in [9.17, 15) is 19.3 Å². The Labute approximate surface area is 115 Å². The minimum absolute atomic E-state index is 0.202. The normalized spacial score (nSPS) is 18.6. The largest absolute Gasteiger partial charge is 0.326 e. The number of rotatable bonds is 4. The van der Waals surface area contributed by atoms with Gasteiger partial charge >= 0.3 is 5.69 Å². The quantitative estimate of drug-likeness (QED) is 0.653. The first-order valence-corrected chi connectivity index (χ1v) is 6.51. The molecule has 7 heteroatoms. The van der Waals surface area contributed by atoms with Gasteiger partial charge in [-0.1, -0.05) is 0 Å². The number of nitrogens with zero attached hydrogens (tertiary/aromatic N) is 1. The molecule has 1 unspecified atom stereocenters. The fourth-order valence-corrected chi connectivity index (χ4v) is 2.31. The van der Waals surface area contributed by atoms with Gasteiger partial charge in [0.15, 0.2) is 0 Å². The summed E-state index contributed by atoms with van der Waals surface area (Å²) in [7, 11) is 0. The van der Waals surface area contributed by atoms with Crippen molar-refractivity contribution < 1.29 is 14.1 Å². The van der Waals surface area contributed by atoms with Gasteiger partial charge in [-0.2, -0.15) is 4.39 Å². The lowest BCUT2D eigenvalue weighted by Crippen LogP contribution is -2.32. The average Bonchev–Trinajstić information content (AvgIpc) is 2.39. The predicted molar refractivity (Wildman–Crippen MR) is 71.9 cm³/mol. The maximum Gasteiger partial charge on any atom is 0.304 e. The van der Waals surface area contributed by atoms with Crippen molar-refractivity contribution in [3.8, 4) is 0 Å². The van der Waals surface area contributed by atoms with E-state index >= 15 is 0 Å². The van der Waals surface area contributed by atoms with Crippen LogP contribution < -0.4 is 10.6 Å². The van der Waals surface area contributed by atoms with Gasteiger partial charge in [-0.15, -0.1) is 0 Å². The summed E-state index contributed by atoms with van der Waals surface area (Å²) >= 11 is 0. The van der Waals surface area contributed by atoms with Crippen LogP contribution in [0.3, 0.4) is 0 Å². The number of halogens is 1. The Morgan fingerprint density at radius 3 is 2.95 bits per heavy atom. The highest BCUT2D eigenvalue weighted by Gasteiger charge is 2.18. The number of carbonyl (C=O) groups excluding carboxylic acids is 1. The number of benzene rings is 1. The first-order chi connectivity index (χ1) is 9.56. The lowest BCUT2D eigenvalue weighted by Gasteiger charge is -2.22. The molecule has 108 valence electrons. The van der Waals surface area contributed by atoms with Gasteiger partial charge in [0.1, 0.15) is 0 Å². The predicted octanol–water partition coefficient (Wildman–Crippen LogP) is 2.06. The van der Waals surface area contributed by atoms with E-state index in [1.165, 1.54) is 6.07 Å². The number of amides is 1. The van der Waals surface area contributed by atoms with E-state index in [4.69, 9.17) is 0 Å². The van der Waals surface area contributed by atoms with Crippen LogP contribution in [-0.2, 0) is 4.79 Å². The summed E-state index contributed by atoms with van der Waals surface area (Å²) in [6.07, 6.45) is 2.41. The van der Waals surface area contributed by atoms with Crippen molar-refractivity contribution >= 4 is 17.3 Å². The number of piperidine rings is 1. The smallest absolute Gasteiger partial charge is 0.304 e. The summed E-state index contributed by atoms with van der Waals surface area (Å²) < 4.78 is 13.4. The number of nitrogens with one attached hydrogen (secondary N) is 2. The zero-order valence-corrected chi connectivity index (χ0v) is 10.9. The highest BCUT2D eigenvalue weighted by atomic mass is 19.1. The van der Waals surface area contributed by atoms with Crippen LogP contribution in [0.2, 0.25) is 0 Å². The molecule has 1 aliphatic heterocycles. The third-order valence-corrected chi connectivity index (χ3v) is 3.30. The Balaban J connectivity index is 1.93. The van der Waals surface area contributed by atoms with Gasteiger partial charge in [0, 0.05) is 24.2 Å². The molecule has 0 saturated carbocycles. The molecule has 0 aliphatic carbocycles. The molecule has 1 aromatic carbocycles. The van der Waals surface area contributed by atoms with Crippen molar-refractivity contribution in [1.29, 1.82) is 0 Å². The second kappa shape index (κ2) is 6.42. The van der Waals surface area contributed by atoms with E-state index in [0.717, 1.165) is 38.1 Å². The summed E-state index contributed by atoms with van der Waals surface area (Å²) in [5, 5.41) is 16.3. The number of anilines is 1. The van der Waals surface area contributed by atoms with E-state index in [2.05, 4.69) is 10.6 Å². The number of hydrogen-bond acceptors (Lipinski definition) is 4. The summed E-state index contributed by atoms with van der Waals surface area (Å²) in [4.78, 5) is 21.5. The number of hydrogen-bond donors (Lipinski definition) is 2. The molecule has 1 aromatic rings.